The summed E-state index contributed by atoms with van der Waals surface area (Å²) in [5, 5.41) is 0. The molecule has 0 saturated carbocycles. The average Bonchev–Trinajstić information content (AvgIpc) is 2.73. The van der Waals surface area contributed by atoms with Crippen molar-refractivity contribution < 1.29 is 41.4 Å². The van der Waals surface area contributed by atoms with Gasteiger partial charge in [-0.15, -0.1) is 0 Å². The standard InChI is InChI=1S/C18H15F2NO4.C2H4F2O/c1-21(15-4-2-3-5-16(15)24-12-22)17(23)11-8-13-6-9-14(10-7-13)25-18(19)20;1-5-2(3)4/h2-12,18H,1H3;2H,1H3/b11-8+;. The topological polar surface area (TPSA) is 65.1 Å². The van der Waals surface area contributed by atoms with Crippen LogP contribution in [0.5, 0.6) is 11.5 Å². The van der Waals surface area contributed by atoms with Crippen LogP contribution < -0.4 is 14.4 Å². The molecule has 0 N–H and O–H groups in total. The van der Waals surface area contributed by atoms with E-state index in [0.717, 1.165) is 7.11 Å². The van der Waals surface area contributed by atoms with Crippen molar-refractivity contribution in [1.82, 2.24) is 0 Å². The minimum Gasteiger partial charge on any atom is -0.435 e. The highest BCUT2D eigenvalue weighted by atomic mass is 19.3. The lowest BCUT2D eigenvalue weighted by molar-refractivity contribution is -0.121. The number of anilines is 1. The molecule has 10 heteroatoms. The van der Waals surface area contributed by atoms with E-state index in [4.69, 9.17) is 4.74 Å². The smallest absolute Gasteiger partial charge is 0.387 e. The molecule has 0 spiro atoms. The number of para-hydroxylation sites is 2. The summed E-state index contributed by atoms with van der Waals surface area (Å²) in [7, 11) is 2.49. The second-order valence-corrected chi connectivity index (χ2v) is 5.36. The second-order valence-electron chi connectivity index (χ2n) is 5.36. The Morgan fingerprint density at radius 2 is 1.60 bits per heavy atom. The molecule has 0 aliphatic heterocycles. The molecule has 0 aromatic heterocycles. The molecule has 2 rings (SSSR count). The van der Waals surface area contributed by atoms with E-state index < -0.39 is 13.2 Å². The van der Waals surface area contributed by atoms with Crippen molar-refractivity contribution >= 4 is 24.1 Å². The third kappa shape index (κ3) is 8.74. The van der Waals surface area contributed by atoms with Crippen LogP contribution in [-0.4, -0.2) is 39.8 Å². The molecule has 2 aromatic carbocycles. The first-order valence-corrected chi connectivity index (χ1v) is 8.29. The number of amides is 1. The summed E-state index contributed by atoms with van der Waals surface area (Å²) in [4.78, 5) is 24.1. The number of likely N-dealkylation sites (N-methyl/N-ethyl adjacent to an activating group) is 1. The number of ether oxygens (including phenoxy) is 3. The highest BCUT2D eigenvalue weighted by Gasteiger charge is 2.13. The van der Waals surface area contributed by atoms with Gasteiger partial charge in [-0.1, -0.05) is 24.3 Å². The molecule has 0 radical (unpaired) electrons. The fraction of sp³-hybridized carbons (Fsp3) is 0.200. The van der Waals surface area contributed by atoms with Gasteiger partial charge in [-0.05, 0) is 35.9 Å². The summed E-state index contributed by atoms with van der Waals surface area (Å²) < 4.78 is 57.8. The molecule has 0 saturated heterocycles. The maximum atomic E-state index is 12.3. The van der Waals surface area contributed by atoms with E-state index in [1.807, 2.05) is 0 Å². The Hall–Kier alpha value is -3.40. The van der Waals surface area contributed by atoms with Gasteiger partial charge in [0.05, 0.1) is 5.69 Å². The fourth-order valence-electron chi connectivity index (χ4n) is 2.04. The number of alkyl halides is 4. The Labute approximate surface area is 170 Å². The molecule has 0 heterocycles. The number of halogens is 4. The number of hydrogen-bond donors (Lipinski definition) is 0. The Morgan fingerprint density at radius 3 is 2.13 bits per heavy atom. The van der Waals surface area contributed by atoms with Crippen LogP contribution in [-0.2, 0) is 14.3 Å². The van der Waals surface area contributed by atoms with Crippen LogP contribution in [0.25, 0.3) is 6.08 Å². The highest BCUT2D eigenvalue weighted by Crippen LogP contribution is 2.27. The van der Waals surface area contributed by atoms with Gasteiger partial charge in [0.15, 0.2) is 5.75 Å². The van der Waals surface area contributed by atoms with E-state index in [9.17, 15) is 27.2 Å². The average molecular weight is 429 g/mol. The SMILES string of the molecule is CN(C(=O)/C=C/c1ccc(OC(F)F)cc1)c1ccccc1OC=O.COC(F)F. The van der Waals surface area contributed by atoms with Crippen LogP contribution in [0, 0.1) is 0 Å². The Morgan fingerprint density at radius 1 is 1.00 bits per heavy atom. The van der Waals surface area contributed by atoms with E-state index in [0.29, 0.717) is 11.3 Å². The van der Waals surface area contributed by atoms with Crippen molar-refractivity contribution in [2.45, 2.75) is 13.2 Å². The van der Waals surface area contributed by atoms with Gasteiger partial charge >= 0.3 is 13.2 Å². The van der Waals surface area contributed by atoms with E-state index in [1.54, 1.807) is 43.4 Å². The molecule has 30 heavy (non-hydrogen) atoms. The third-order valence-corrected chi connectivity index (χ3v) is 3.43. The zero-order valence-electron chi connectivity index (χ0n) is 16.0. The summed E-state index contributed by atoms with van der Waals surface area (Å²) in [6, 6.07) is 12.5. The van der Waals surface area contributed by atoms with Crippen LogP contribution in [0.4, 0.5) is 23.2 Å². The molecule has 0 unspecified atom stereocenters. The first-order chi connectivity index (χ1) is 14.3. The molecule has 0 bridgehead atoms. The lowest BCUT2D eigenvalue weighted by Gasteiger charge is -2.17. The largest absolute Gasteiger partial charge is 0.435 e. The van der Waals surface area contributed by atoms with Gasteiger partial charge in [-0.2, -0.15) is 17.6 Å². The fourth-order valence-corrected chi connectivity index (χ4v) is 2.04. The summed E-state index contributed by atoms with van der Waals surface area (Å²) in [6.07, 6.45) is 2.86. The molecule has 0 aliphatic carbocycles. The molecule has 0 aliphatic rings. The first kappa shape index (κ1) is 24.6. The van der Waals surface area contributed by atoms with Crippen molar-refractivity contribution in [3.63, 3.8) is 0 Å². The predicted octanol–water partition coefficient (Wildman–Crippen LogP) is 4.35. The maximum Gasteiger partial charge on any atom is 0.387 e. The number of carbonyl (C=O) groups excluding carboxylic acids is 2. The van der Waals surface area contributed by atoms with Crippen molar-refractivity contribution in [2.75, 3.05) is 19.1 Å². The van der Waals surface area contributed by atoms with Crippen molar-refractivity contribution in [2.24, 2.45) is 0 Å². The number of methoxy groups -OCH3 is 1. The van der Waals surface area contributed by atoms with E-state index in [1.165, 1.54) is 29.2 Å². The highest BCUT2D eigenvalue weighted by molar-refractivity contribution is 6.04. The first-order valence-electron chi connectivity index (χ1n) is 8.29. The second kappa shape index (κ2) is 12.9. The molecule has 162 valence electrons. The molecule has 6 nitrogen and oxygen atoms in total. The monoisotopic (exact) mass is 429 g/mol. The number of carbonyl (C=O) groups is 2. The van der Waals surface area contributed by atoms with E-state index in [2.05, 4.69) is 9.47 Å². The van der Waals surface area contributed by atoms with E-state index >= 15 is 0 Å². The number of rotatable bonds is 8. The van der Waals surface area contributed by atoms with Gasteiger partial charge in [-0.25, -0.2) is 0 Å². The van der Waals surface area contributed by atoms with Crippen molar-refractivity contribution in [3.05, 3.63) is 60.2 Å². The lowest BCUT2D eigenvalue weighted by Crippen LogP contribution is -2.24. The zero-order chi connectivity index (χ0) is 22.5. The molecule has 1 amide bonds. The van der Waals surface area contributed by atoms with Crippen LogP contribution in [0.3, 0.4) is 0 Å². The Balaban J connectivity index is 0.000000804. The van der Waals surface area contributed by atoms with Gasteiger partial charge in [-0.3, -0.25) is 9.59 Å². The van der Waals surface area contributed by atoms with Crippen molar-refractivity contribution in [1.29, 1.82) is 0 Å². The Bertz CT molecular complexity index is 828. The summed E-state index contributed by atoms with van der Waals surface area (Å²) >= 11 is 0. The Kier molecular flexibility index (Phi) is 10.6. The molecular formula is C20H19F4NO5. The van der Waals surface area contributed by atoms with Gasteiger partial charge < -0.3 is 19.1 Å². The van der Waals surface area contributed by atoms with E-state index in [-0.39, 0.29) is 23.9 Å². The quantitative estimate of drug-likeness (QED) is 0.355. The summed E-state index contributed by atoms with van der Waals surface area (Å²) in [5.74, 6) is -0.0550. The molecule has 2 aromatic rings. The van der Waals surface area contributed by atoms with Crippen LogP contribution in [0.15, 0.2) is 54.6 Å². The number of hydrogen-bond acceptors (Lipinski definition) is 5. The van der Waals surface area contributed by atoms with Crippen LogP contribution in [0.1, 0.15) is 5.56 Å². The van der Waals surface area contributed by atoms with Crippen LogP contribution >= 0.6 is 0 Å². The van der Waals surface area contributed by atoms with Gasteiger partial charge in [0.1, 0.15) is 5.75 Å². The third-order valence-electron chi connectivity index (χ3n) is 3.43. The lowest BCUT2D eigenvalue weighted by atomic mass is 10.2. The van der Waals surface area contributed by atoms with Crippen LogP contribution in [0.2, 0.25) is 0 Å². The minimum absolute atomic E-state index is 0.0375. The van der Waals surface area contributed by atoms with Gasteiger partial charge in [0.2, 0.25) is 0 Å². The van der Waals surface area contributed by atoms with Gasteiger partial charge in [0.25, 0.3) is 12.4 Å². The molecular weight excluding hydrogens is 410 g/mol. The zero-order valence-corrected chi connectivity index (χ0v) is 16.0. The maximum absolute atomic E-state index is 12.3. The van der Waals surface area contributed by atoms with Crippen molar-refractivity contribution in [3.8, 4) is 11.5 Å². The normalized spacial score (nSPS) is 10.5. The number of nitrogens with zero attached hydrogens (tertiary/aromatic N) is 1. The summed E-state index contributed by atoms with van der Waals surface area (Å²) in [6.45, 7) is -5.21. The molecule has 0 atom stereocenters. The number of benzene rings is 2. The summed E-state index contributed by atoms with van der Waals surface area (Å²) in [5.41, 5.74) is 1.07. The van der Waals surface area contributed by atoms with Gasteiger partial charge in [0, 0.05) is 20.2 Å². The molecule has 0 fully saturated rings. The minimum atomic E-state index is -2.88. The predicted molar refractivity (Wildman–Crippen MR) is 102 cm³/mol.